The Bertz CT molecular complexity index is 481. The molecule has 2 heterocycles. The van der Waals surface area contributed by atoms with E-state index in [0.717, 1.165) is 37.6 Å². The molecule has 0 aromatic carbocycles. The van der Waals surface area contributed by atoms with Gasteiger partial charge in [0.05, 0.1) is 0 Å². The van der Waals surface area contributed by atoms with Gasteiger partial charge in [-0.3, -0.25) is 4.79 Å². The van der Waals surface area contributed by atoms with E-state index < -0.39 is 0 Å². The van der Waals surface area contributed by atoms with Gasteiger partial charge in [0.2, 0.25) is 5.91 Å². The highest BCUT2D eigenvalue weighted by Gasteiger charge is 2.22. The lowest BCUT2D eigenvalue weighted by Gasteiger charge is -2.35. The molecule has 7 heteroatoms. The monoisotopic (exact) mass is 264 g/mol. The second kappa shape index (κ2) is 5.40. The Morgan fingerprint density at radius 1 is 1.21 bits per heavy atom. The van der Waals surface area contributed by atoms with Crippen molar-refractivity contribution in [2.75, 3.05) is 36.5 Å². The van der Waals surface area contributed by atoms with E-state index in [-0.39, 0.29) is 5.91 Å². The van der Waals surface area contributed by atoms with Crippen LogP contribution in [0.25, 0.3) is 0 Å². The number of nitrogen functional groups attached to an aromatic ring is 1. The number of hydrazine groups is 1. The lowest BCUT2D eigenvalue weighted by atomic mass is 10.2. The van der Waals surface area contributed by atoms with Crippen LogP contribution < -0.4 is 16.2 Å². The number of aryl methyl sites for hydroxylation is 1. The first-order chi connectivity index (χ1) is 9.02. The van der Waals surface area contributed by atoms with Crippen LogP contribution in [-0.2, 0) is 4.79 Å². The largest absolute Gasteiger partial charge is 0.353 e. The molecule has 2 rings (SSSR count). The summed E-state index contributed by atoms with van der Waals surface area (Å²) in [5, 5.41) is 0. The van der Waals surface area contributed by atoms with Crippen molar-refractivity contribution in [1.82, 2.24) is 14.9 Å². The number of carbonyl (C=O) groups is 1. The van der Waals surface area contributed by atoms with Gasteiger partial charge in [0, 0.05) is 38.7 Å². The Balaban J connectivity index is 2.20. The summed E-state index contributed by atoms with van der Waals surface area (Å²) in [5.74, 6) is 7.82. The number of aromatic nitrogens is 2. The minimum absolute atomic E-state index is 0.125. The fourth-order valence-electron chi connectivity index (χ4n) is 2.30. The molecule has 7 nitrogen and oxygen atoms in total. The van der Waals surface area contributed by atoms with Crippen molar-refractivity contribution in [3.8, 4) is 0 Å². The van der Waals surface area contributed by atoms with Crippen LogP contribution in [0.4, 0.5) is 11.6 Å². The Labute approximate surface area is 112 Å². The number of nitrogens with zero attached hydrogens (tertiary/aromatic N) is 4. The predicted octanol–water partition coefficient (Wildman–Crippen LogP) is 0.0475. The maximum atomic E-state index is 11.3. The van der Waals surface area contributed by atoms with Crippen LogP contribution in [0.5, 0.6) is 0 Å². The minimum atomic E-state index is 0.125. The van der Waals surface area contributed by atoms with Gasteiger partial charge in [0.15, 0.2) is 0 Å². The summed E-state index contributed by atoms with van der Waals surface area (Å²) in [6.45, 7) is 8.40. The zero-order valence-electron chi connectivity index (χ0n) is 11.6. The summed E-state index contributed by atoms with van der Waals surface area (Å²) in [5.41, 5.74) is 3.53. The van der Waals surface area contributed by atoms with Gasteiger partial charge in [-0.25, -0.2) is 15.8 Å². The lowest BCUT2D eigenvalue weighted by Crippen LogP contribution is -2.48. The number of piperazine rings is 1. The summed E-state index contributed by atoms with van der Waals surface area (Å²) in [4.78, 5) is 24.1. The number of hydrogen-bond donors (Lipinski definition) is 2. The molecule has 0 saturated carbocycles. The van der Waals surface area contributed by atoms with Crippen LogP contribution in [0.2, 0.25) is 0 Å². The third-order valence-electron chi connectivity index (χ3n) is 3.39. The number of rotatable bonds is 2. The zero-order valence-corrected chi connectivity index (χ0v) is 11.6. The van der Waals surface area contributed by atoms with Gasteiger partial charge in [-0.15, -0.1) is 0 Å². The van der Waals surface area contributed by atoms with Crippen LogP contribution in [0.3, 0.4) is 0 Å². The lowest BCUT2D eigenvalue weighted by molar-refractivity contribution is -0.129. The molecule has 0 spiro atoms. The quantitative estimate of drug-likeness (QED) is 0.579. The molecule has 0 unspecified atom stereocenters. The highest BCUT2D eigenvalue weighted by molar-refractivity contribution is 5.73. The molecule has 1 saturated heterocycles. The van der Waals surface area contributed by atoms with Crippen molar-refractivity contribution >= 4 is 17.5 Å². The average molecular weight is 264 g/mol. The van der Waals surface area contributed by atoms with Gasteiger partial charge >= 0.3 is 0 Å². The fourth-order valence-corrected chi connectivity index (χ4v) is 2.30. The number of nitrogens with two attached hydrogens (primary N) is 1. The molecule has 1 aromatic rings. The number of carbonyl (C=O) groups excluding carboxylic acids is 1. The molecule has 1 aromatic heterocycles. The van der Waals surface area contributed by atoms with Crippen LogP contribution in [0.15, 0.2) is 0 Å². The SMILES string of the molecule is CC(=O)N1CCN(c2nc(C)nc(NN)c2C)CC1. The molecule has 0 bridgehead atoms. The maximum Gasteiger partial charge on any atom is 0.219 e. The molecular formula is C12H20N6O. The van der Waals surface area contributed by atoms with E-state index in [1.807, 2.05) is 18.7 Å². The summed E-state index contributed by atoms with van der Waals surface area (Å²) < 4.78 is 0. The zero-order chi connectivity index (χ0) is 14.0. The van der Waals surface area contributed by atoms with Gasteiger partial charge in [-0.2, -0.15) is 0 Å². The number of hydrogen-bond acceptors (Lipinski definition) is 6. The molecule has 1 amide bonds. The molecule has 0 aliphatic carbocycles. The van der Waals surface area contributed by atoms with Gasteiger partial charge in [-0.05, 0) is 13.8 Å². The summed E-state index contributed by atoms with van der Waals surface area (Å²) in [7, 11) is 0. The van der Waals surface area contributed by atoms with E-state index in [2.05, 4.69) is 20.3 Å². The van der Waals surface area contributed by atoms with Crippen LogP contribution in [-0.4, -0.2) is 47.0 Å². The van der Waals surface area contributed by atoms with Crippen molar-refractivity contribution in [2.45, 2.75) is 20.8 Å². The standard InChI is InChI=1S/C12H20N6O/c1-8-11(16-13)14-9(2)15-12(8)18-6-4-17(5-7-18)10(3)19/h4-7,13H2,1-3H3,(H,14,15,16). The normalized spacial score (nSPS) is 15.6. The van der Waals surface area contributed by atoms with E-state index in [0.29, 0.717) is 11.6 Å². The molecule has 1 aliphatic heterocycles. The molecule has 3 N–H and O–H groups in total. The van der Waals surface area contributed by atoms with Crippen molar-refractivity contribution in [1.29, 1.82) is 0 Å². The highest BCUT2D eigenvalue weighted by atomic mass is 16.2. The minimum Gasteiger partial charge on any atom is -0.353 e. The topological polar surface area (TPSA) is 87.4 Å². The first kappa shape index (κ1) is 13.5. The first-order valence-corrected chi connectivity index (χ1v) is 6.35. The smallest absolute Gasteiger partial charge is 0.219 e. The van der Waals surface area contributed by atoms with Crippen molar-refractivity contribution in [3.63, 3.8) is 0 Å². The van der Waals surface area contributed by atoms with Crippen molar-refractivity contribution in [2.24, 2.45) is 5.84 Å². The third kappa shape index (κ3) is 2.76. The highest BCUT2D eigenvalue weighted by Crippen LogP contribution is 2.23. The summed E-state index contributed by atoms with van der Waals surface area (Å²) >= 11 is 0. The first-order valence-electron chi connectivity index (χ1n) is 6.35. The molecule has 104 valence electrons. The molecule has 19 heavy (non-hydrogen) atoms. The summed E-state index contributed by atoms with van der Waals surface area (Å²) in [6.07, 6.45) is 0. The van der Waals surface area contributed by atoms with E-state index in [4.69, 9.17) is 5.84 Å². The Morgan fingerprint density at radius 2 is 1.84 bits per heavy atom. The average Bonchev–Trinajstić information content (AvgIpc) is 2.41. The van der Waals surface area contributed by atoms with Crippen LogP contribution in [0, 0.1) is 13.8 Å². The fraction of sp³-hybridized carbons (Fsp3) is 0.583. The third-order valence-corrected chi connectivity index (χ3v) is 3.39. The molecule has 0 radical (unpaired) electrons. The molecule has 1 aliphatic rings. The number of nitrogens with one attached hydrogen (secondary N) is 1. The Hall–Kier alpha value is -1.89. The van der Waals surface area contributed by atoms with Gasteiger partial charge in [-0.1, -0.05) is 0 Å². The second-order valence-corrected chi connectivity index (χ2v) is 4.71. The maximum absolute atomic E-state index is 11.3. The number of amides is 1. The van der Waals surface area contributed by atoms with Crippen molar-refractivity contribution in [3.05, 3.63) is 11.4 Å². The second-order valence-electron chi connectivity index (χ2n) is 4.71. The van der Waals surface area contributed by atoms with Gasteiger partial charge < -0.3 is 15.2 Å². The predicted molar refractivity (Wildman–Crippen MR) is 73.8 cm³/mol. The van der Waals surface area contributed by atoms with Gasteiger partial charge in [0.25, 0.3) is 0 Å². The molecular weight excluding hydrogens is 244 g/mol. The van der Waals surface area contributed by atoms with Crippen molar-refractivity contribution < 1.29 is 4.79 Å². The number of anilines is 2. The molecule has 1 fully saturated rings. The molecule has 0 atom stereocenters. The van der Waals surface area contributed by atoms with Crippen LogP contribution in [0.1, 0.15) is 18.3 Å². The Kier molecular flexibility index (Phi) is 3.84. The Morgan fingerprint density at radius 3 is 2.37 bits per heavy atom. The van der Waals surface area contributed by atoms with E-state index >= 15 is 0 Å². The van der Waals surface area contributed by atoms with E-state index in [1.165, 1.54) is 0 Å². The van der Waals surface area contributed by atoms with E-state index in [1.54, 1.807) is 6.92 Å². The van der Waals surface area contributed by atoms with E-state index in [9.17, 15) is 4.79 Å². The summed E-state index contributed by atoms with van der Waals surface area (Å²) in [6, 6.07) is 0. The van der Waals surface area contributed by atoms with Crippen LogP contribution >= 0.6 is 0 Å². The van der Waals surface area contributed by atoms with Gasteiger partial charge in [0.1, 0.15) is 17.5 Å².